The van der Waals surface area contributed by atoms with Gasteiger partial charge in [-0.3, -0.25) is 25.0 Å². The van der Waals surface area contributed by atoms with Crippen molar-refractivity contribution in [1.82, 2.24) is 0 Å². The van der Waals surface area contributed by atoms with Crippen molar-refractivity contribution in [2.24, 2.45) is 0 Å². The lowest BCUT2D eigenvalue weighted by Crippen LogP contribution is -2.13. The Morgan fingerprint density at radius 2 is 1.79 bits per heavy atom. The van der Waals surface area contributed by atoms with E-state index in [1.807, 2.05) is 0 Å². The molecule has 10 nitrogen and oxygen atoms in total. The van der Waals surface area contributed by atoms with Crippen LogP contribution >= 0.6 is 0 Å². The summed E-state index contributed by atoms with van der Waals surface area (Å²) < 4.78 is 4.88. The van der Waals surface area contributed by atoms with Gasteiger partial charge in [0, 0.05) is 6.07 Å². The van der Waals surface area contributed by atoms with E-state index in [0.717, 1.165) is 18.2 Å². The second kappa shape index (κ2) is 6.60. The molecule has 2 aromatic carbocycles. The number of anilines is 1. The fraction of sp³-hybridized carbons (Fsp3) is 0.0714. The predicted octanol–water partition coefficient (Wildman–Crippen LogP) is 2.47. The fourth-order valence-electron chi connectivity index (χ4n) is 1.95. The smallest absolute Gasteiger partial charge is 0.311 e. The van der Waals surface area contributed by atoms with Crippen LogP contribution in [0.2, 0.25) is 0 Å². The first-order valence-corrected chi connectivity index (χ1v) is 6.45. The minimum atomic E-state index is -0.926. The molecule has 0 radical (unpaired) electrons. The lowest BCUT2D eigenvalue weighted by Gasteiger charge is -2.08. The molecule has 2 N–H and O–H groups in total. The number of amides is 1. The van der Waals surface area contributed by atoms with Crippen molar-refractivity contribution in [1.29, 1.82) is 0 Å². The number of para-hydroxylation sites is 1. The van der Waals surface area contributed by atoms with Gasteiger partial charge in [0.25, 0.3) is 11.6 Å². The summed E-state index contributed by atoms with van der Waals surface area (Å²) in [5.41, 5.74) is -1.59. The van der Waals surface area contributed by atoms with Gasteiger partial charge >= 0.3 is 5.69 Å². The molecule has 2 rings (SSSR count). The zero-order chi connectivity index (χ0) is 17.9. The minimum Gasteiger partial charge on any atom is -0.502 e. The van der Waals surface area contributed by atoms with E-state index in [9.17, 15) is 30.1 Å². The number of ether oxygens (including phenoxy) is 1. The first-order chi connectivity index (χ1) is 11.3. The lowest BCUT2D eigenvalue weighted by molar-refractivity contribution is -0.385. The number of phenols is 1. The standard InChI is InChI=1S/C14H11N3O7/c1-24-8-5-6-10(12(7-8)17(22)23)15-14(19)9-3-2-4-11(13(9)18)16(20)21/h2-7,18H,1H3,(H,15,19). The summed E-state index contributed by atoms with van der Waals surface area (Å²) in [4.78, 5) is 32.5. The monoisotopic (exact) mass is 333 g/mol. The van der Waals surface area contributed by atoms with Crippen LogP contribution in [0.3, 0.4) is 0 Å². The third kappa shape index (κ3) is 3.21. The summed E-state index contributed by atoms with van der Waals surface area (Å²) >= 11 is 0. The van der Waals surface area contributed by atoms with Gasteiger partial charge in [0.2, 0.25) is 5.75 Å². The molecule has 0 bridgehead atoms. The molecule has 0 unspecified atom stereocenters. The van der Waals surface area contributed by atoms with Crippen molar-refractivity contribution in [2.45, 2.75) is 0 Å². The van der Waals surface area contributed by atoms with E-state index in [4.69, 9.17) is 4.74 Å². The Hall–Kier alpha value is -3.69. The number of phenolic OH excluding ortho intramolecular Hbond substituents is 1. The molecule has 0 aliphatic carbocycles. The zero-order valence-corrected chi connectivity index (χ0v) is 12.3. The Morgan fingerprint density at radius 1 is 1.12 bits per heavy atom. The number of rotatable bonds is 5. The molecule has 0 saturated carbocycles. The van der Waals surface area contributed by atoms with Gasteiger partial charge < -0.3 is 15.2 Å². The quantitative estimate of drug-likeness (QED) is 0.631. The molecule has 1 amide bonds. The largest absolute Gasteiger partial charge is 0.502 e. The highest BCUT2D eigenvalue weighted by atomic mass is 16.6. The van der Waals surface area contributed by atoms with Crippen LogP contribution in [0.5, 0.6) is 11.5 Å². The number of aromatic hydroxyl groups is 1. The normalized spacial score (nSPS) is 10.0. The Labute approximate surface area is 134 Å². The Kier molecular flexibility index (Phi) is 4.59. The van der Waals surface area contributed by atoms with Gasteiger partial charge in [-0.1, -0.05) is 6.07 Å². The maximum Gasteiger partial charge on any atom is 0.311 e. The van der Waals surface area contributed by atoms with Crippen LogP contribution in [0.1, 0.15) is 10.4 Å². The molecule has 0 aliphatic heterocycles. The molecule has 0 fully saturated rings. The second-order valence-corrected chi connectivity index (χ2v) is 4.52. The third-order valence-corrected chi connectivity index (χ3v) is 3.11. The van der Waals surface area contributed by atoms with Crippen LogP contribution in [0.25, 0.3) is 0 Å². The van der Waals surface area contributed by atoms with Gasteiger partial charge in [-0.2, -0.15) is 0 Å². The number of carbonyl (C=O) groups excluding carboxylic acids is 1. The van der Waals surface area contributed by atoms with E-state index < -0.39 is 32.9 Å². The predicted molar refractivity (Wildman–Crippen MR) is 82.4 cm³/mol. The van der Waals surface area contributed by atoms with Gasteiger partial charge in [0.15, 0.2) is 0 Å². The molecule has 0 aliphatic rings. The lowest BCUT2D eigenvalue weighted by atomic mass is 10.1. The number of hydrogen-bond donors (Lipinski definition) is 2. The van der Waals surface area contributed by atoms with Crippen LogP contribution in [-0.2, 0) is 0 Å². The second-order valence-electron chi connectivity index (χ2n) is 4.52. The Balaban J connectivity index is 2.39. The number of carbonyl (C=O) groups is 1. The summed E-state index contributed by atoms with van der Waals surface area (Å²) in [7, 11) is 1.33. The van der Waals surface area contributed by atoms with Crippen molar-refractivity contribution in [3.05, 3.63) is 62.2 Å². The van der Waals surface area contributed by atoms with Crippen molar-refractivity contribution in [3.63, 3.8) is 0 Å². The molecular weight excluding hydrogens is 322 g/mol. The van der Waals surface area contributed by atoms with Gasteiger partial charge in [0.05, 0.1) is 28.6 Å². The van der Waals surface area contributed by atoms with Crippen LogP contribution in [0.4, 0.5) is 17.1 Å². The molecule has 124 valence electrons. The van der Waals surface area contributed by atoms with E-state index in [2.05, 4.69) is 5.32 Å². The summed E-state index contributed by atoms with van der Waals surface area (Å²) in [5.74, 6) is -1.53. The van der Waals surface area contributed by atoms with Gasteiger partial charge in [-0.25, -0.2) is 0 Å². The van der Waals surface area contributed by atoms with Crippen LogP contribution in [-0.4, -0.2) is 28.0 Å². The van der Waals surface area contributed by atoms with Crippen LogP contribution in [0.15, 0.2) is 36.4 Å². The topological polar surface area (TPSA) is 145 Å². The highest BCUT2D eigenvalue weighted by Gasteiger charge is 2.23. The number of nitro benzene ring substituents is 2. The summed E-state index contributed by atoms with van der Waals surface area (Å²) in [6, 6.07) is 7.17. The van der Waals surface area contributed by atoms with E-state index in [1.165, 1.54) is 25.3 Å². The molecule has 24 heavy (non-hydrogen) atoms. The number of nitrogens with one attached hydrogen (secondary N) is 1. The average molecular weight is 333 g/mol. The number of benzene rings is 2. The molecule has 0 saturated heterocycles. The highest BCUT2D eigenvalue weighted by molar-refractivity contribution is 6.07. The van der Waals surface area contributed by atoms with Gasteiger partial charge in [-0.15, -0.1) is 0 Å². The maximum absolute atomic E-state index is 12.2. The first kappa shape index (κ1) is 16.7. The van der Waals surface area contributed by atoms with Gasteiger partial charge in [-0.05, 0) is 18.2 Å². The van der Waals surface area contributed by atoms with Crippen molar-refractivity contribution in [2.75, 3.05) is 12.4 Å². The Morgan fingerprint density at radius 3 is 2.38 bits per heavy atom. The minimum absolute atomic E-state index is 0.142. The molecule has 0 atom stereocenters. The van der Waals surface area contributed by atoms with Crippen LogP contribution < -0.4 is 10.1 Å². The fourth-order valence-corrected chi connectivity index (χ4v) is 1.95. The highest BCUT2D eigenvalue weighted by Crippen LogP contribution is 2.32. The van der Waals surface area contributed by atoms with E-state index in [-0.39, 0.29) is 17.0 Å². The van der Waals surface area contributed by atoms with Crippen LogP contribution in [0, 0.1) is 20.2 Å². The molecule has 0 heterocycles. The number of hydrogen-bond acceptors (Lipinski definition) is 7. The summed E-state index contributed by atoms with van der Waals surface area (Å²) in [6.07, 6.45) is 0. The molecule has 10 heteroatoms. The number of methoxy groups -OCH3 is 1. The number of nitrogens with zero attached hydrogens (tertiary/aromatic N) is 2. The third-order valence-electron chi connectivity index (χ3n) is 3.11. The van der Waals surface area contributed by atoms with Crippen molar-refractivity contribution >= 4 is 23.0 Å². The van der Waals surface area contributed by atoms with Crippen molar-refractivity contribution in [3.8, 4) is 11.5 Å². The summed E-state index contributed by atoms with van der Waals surface area (Å²) in [6.45, 7) is 0. The summed E-state index contributed by atoms with van der Waals surface area (Å²) in [5, 5.41) is 33.9. The first-order valence-electron chi connectivity index (χ1n) is 6.45. The van der Waals surface area contributed by atoms with E-state index >= 15 is 0 Å². The van der Waals surface area contributed by atoms with E-state index in [1.54, 1.807) is 0 Å². The maximum atomic E-state index is 12.2. The Bertz CT molecular complexity index is 835. The molecule has 2 aromatic rings. The SMILES string of the molecule is COc1ccc(NC(=O)c2cccc([N+](=O)[O-])c2O)c([N+](=O)[O-])c1. The zero-order valence-electron chi connectivity index (χ0n) is 12.3. The van der Waals surface area contributed by atoms with Gasteiger partial charge in [0.1, 0.15) is 11.4 Å². The van der Waals surface area contributed by atoms with E-state index in [0.29, 0.717) is 0 Å². The average Bonchev–Trinajstić information content (AvgIpc) is 2.54. The number of nitro groups is 2. The molecular formula is C14H11N3O7. The molecule has 0 aromatic heterocycles. The molecule has 0 spiro atoms. The van der Waals surface area contributed by atoms with Crippen molar-refractivity contribution < 1.29 is 24.5 Å².